The molecule has 0 radical (unpaired) electrons. The van der Waals surface area contributed by atoms with Gasteiger partial charge >= 0.3 is 0 Å². The number of ether oxygens (including phenoxy) is 1. The Bertz CT molecular complexity index is 101. The van der Waals surface area contributed by atoms with Gasteiger partial charge in [0.15, 0.2) is 0 Å². The molecule has 1 heterocycles. The van der Waals surface area contributed by atoms with Crippen molar-refractivity contribution < 1.29 is 9.84 Å². The molecule has 2 nitrogen and oxygen atoms in total. The maximum atomic E-state index is 9.19. The molecule has 0 spiro atoms. The summed E-state index contributed by atoms with van der Waals surface area (Å²) in [6, 6.07) is 0. The van der Waals surface area contributed by atoms with Gasteiger partial charge in [0, 0.05) is 5.92 Å². The predicted octanol–water partition coefficient (Wildman–Crippen LogP) is 1.18. The van der Waals surface area contributed by atoms with Gasteiger partial charge < -0.3 is 9.84 Å². The van der Waals surface area contributed by atoms with Crippen molar-refractivity contribution in [3.05, 3.63) is 0 Å². The van der Waals surface area contributed by atoms with Gasteiger partial charge in [0.1, 0.15) is 0 Å². The van der Waals surface area contributed by atoms with Crippen LogP contribution in [0.15, 0.2) is 0 Å². The number of aliphatic hydroxyl groups excluding tert-OH is 1. The highest BCUT2D eigenvalue weighted by atomic mass is 16.5. The van der Waals surface area contributed by atoms with Gasteiger partial charge in [0.05, 0.1) is 18.8 Å². The second kappa shape index (κ2) is 3.35. The first-order valence-corrected chi connectivity index (χ1v) is 4.03. The van der Waals surface area contributed by atoms with Crippen molar-refractivity contribution in [2.75, 3.05) is 6.61 Å². The van der Waals surface area contributed by atoms with Crippen LogP contribution in [0.1, 0.15) is 26.7 Å². The second-order valence-electron chi connectivity index (χ2n) is 3.10. The summed E-state index contributed by atoms with van der Waals surface area (Å²) in [6.45, 7) is 4.71. The summed E-state index contributed by atoms with van der Waals surface area (Å²) in [5, 5.41) is 9.19. The van der Waals surface area contributed by atoms with Gasteiger partial charge in [-0.25, -0.2) is 0 Å². The van der Waals surface area contributed by atoms with Gasteiger partial charge in [-0.3, -0.25) is 0 Å². The third kappa shape index (κ3) is 1.70. The summed E-state index contributed by atoms with van der Waals surface area (Å²) >= 11 is 0. The lowest BCUT2D eigenvalue weighted by molar-refractivity contribution is 0.0822. The number of rotatable bonds is 2. The number of aliphatic hydroxyl groups is 1. The van der Waals surface area contributed by atoms with Gasteiger partial charge in [-0.1, -0.05) is 6.92 Å². The summed E-state index contributed by atoms with van der Waals surface area (Å²) in [6.07, 6.45) is 2.31. The Balaban J connectivity index is 2.28. The molecule has 1 aliphatic rings. The SMILES string of the molecule is CCC1CC(C(C)O)CO1. The fourth-order valence-electron chi connectivity index (χ4n) is 1.35. The third-order valence-electron chi connectivity index (χ3n) is 2.25. The van der Waals surface area contributed by atoms with E-state index in [0.717, 1.165) is 19.4 Å². The van der Waals surface area contributed by atoms with Gasteiger partial charge in [-0.15, -0.1) is 0 Å². The molecule has 0 bridgehead atoms. The fraction of sp³-hybridized carbons (Fsp3) is 1.00. The average Bonchev–Trinajstić information content (AvgIpc) is 2.34. The predicted molar refractivity (Wildman–Crippen MR) is 39.8 cm³/mol. The van der Waals surface area contributed by atoms with E-state index in [4.69, 9.17) is 4.74 Å². The molecule has 3 atom stereocenters. The van der Waals surface area contributed by atoms with Crippen LogP contribution in [0.4, 0.5) is 0 Å². The minimum absolute atomic E-state index is 0.198. The smallest absolute Gasteiger partial charge is 0.0577 e. The van der Waals surface area contributed by atoms with Crippen molar-refractivity contribution in [1.82, 2.24) is 0 Å². The molecule has 1 saturated heterocycles. The quantitative estimate of drug-likeness (QED) is 0.630. The monoisotopic (exact) mass is 144 g/mol. The van der Waals surface area contributed by atoms with E-state index in [1.165, 1.54) is 0 Å². The zero-order chi connectivity index (χ0) is 7.56. The lowest BCUT2D eigenvalue weighted by Crippen LogP contribution is -2.16. The molecule has 3 unspecified atom stereocenters. The molecule has 1 rings (SSSR count). The van der Waals surface area contributed by atoms with E-state index in [1.807, 2.05) is 6.92 Å². The van der Waals surface area contributed by atoms with Gasteiger partial charge in [0.25, 0.3) is 0 Å². The highest BCUT2D eigenvalue weighted by Gasteiger charge is 2.26. The molecule has 1 aliphatic heterocycles. The van der Waals surface area contributed by atoms with Gasteiger partial charge in [-0.2, -0.15) is 0 Å². The molecule has 60 valence electrons. The van der Waals surface area contributed by atoms with E-state index >= 15 is 0 Å². The molecular formula is C8H16O2. The van der Waals surface area contributed by atoms with Crippen LogP contribution in [0.2, 0.25) is 0 Å². The highest BCUT2D eigenvalue weighted by Crippen LogP contribution is 2.23. The third-order valence-corrected chi connectivity index (χ3v) is 2.25. The normalized spacial score (nSPS) is 36.3. The van der Waals surface area contributed by atoms with Crippen molar-refractivity contribution in [3.63, 3.8) is 0 Å². The highest BCUT2D eigenvalue weighted by molar-refractivity contribution is 4.75. The molecular weight excluding hydrogens is 128 g/mol. The molecule has 0 aromatic carbocycles. The second-order valence-corrected chi connectivity index (χ2v) is 3.10. The zero-order valence-electron chi connectivity index (χ0n) is 6.71. The molecule has 1 fully saturated rings. The minimum Gasteiger partial charge on any atom is -0.393 e. The molecule has 10 heavy (non-hydrogen) atoms. The Hall–Kier alpha value is -0.0800. The lowest BCUT2D eigenvalue weighted by atomic mass is 10.00. The van der Waals surface area contributed by atoms with Crippen molar-refractivity contribution >= 4 is 0 Å². The molecule has 0 aliphatic carbocycles. The molecule has 0 aromatic rings. The molecule has 2 heteroatoms. The summed E-state index contributed by atoms with van der Waals surface area (Å²) < 4.78 is 5.42. The summed E-state index contributed by atoms with van der Waals surface area (Å²) in [5.41, 5.74) is 0. The van der Waals surface area contributed by atoms with Crippen LogP contribution in [0.3, 0.4) is 0 Å². The molecule has 1 N–H and O–H groups in total. The fourth-order valence-corrected chi connectivity index (χ4v) is 1.35. The van der Waals surface area contributed by atoms with Crippen molar-refractivity contribution in [2.45, 2.75) is 38.9 Å². The van der Waals surface area contributed by atoms with E-state index in [-0.39, 0.29) is 6.10 Å². The van der Waals surface area contributed by atoms with Crippen LogP contribution in [0, 0.1) is 5.92 Å². The van der Waals surface area contributed by atoms with Crippen LogP contribution in [-0.4, -0.2) is 23.9 Å². The van der Waals surface area contributed by atoms with Crippen molar-refractivity contribution in [1.29, 1.82) is 0 Å². The molecule has 0 aromatic heterocycles. The minimum atomic E-state index is -0.198. The summed E-state index contributed by atoms with van der Waals surface area (Å²) in [4.78, 5) is 0. The molecule has 0 amide bonds. The largest absolute Gasteiger partial charge is 0.393 e. The van der Waals surface area contributed by atoms with E-state index in [9.17, 15) is 5.11 Å². The first-order valence-electron chi connectivity index (χ1n) is 4.03. The van der Waals surface area contributed by atoms with Crippen LogP contribution in [0.5, 0.6) is 0 Å². The average molecular weight is 144 g/mol. The van der Waals surface area contributed by atoms with Crippen LogP contribution in [0.25, 0.3) is 0 Å². The van der Waals surface area contributed by atoms with Gasteiger partial charge in [-0.05, 0) is 19.8 Å². The van der Waals surface area contributed by atoms with E-state index in [2.05, 4.69) is 6.92 Å². The number of hydrogen-bond donors (Lipinski definition) is 1. The van der Waals surface area contributed by atoms with Crippen molar-refractivity contribution in [2.24, 2.45) is 5.92 Å². The van der Waals surface area contributed by atoms with E-state index in [1.54, 1.807) is 0 Å². The lowest BCUT2D eigenvalue weighted by Gasteiger charge is -2.09. The van der Waals surface area contributed by atoms with E-state index in [0.29, 0.717) is 12.0 Å². The molecule has 0 saturated carbocycles. The van der Waals surface area contributed by atoms with Crippen LogP contribution < -0.4 is 0 Å². The topological polar surface area (TPSA) is 29.5 Å². The Morgan fingerprint density at radius 2 is 2.40 bits per heavy atom. The zero-order valence-corrected chi connectivity index (χ0v) is 6.71. The standard InChI is InChI=1S/C8H16O2/c1-3-8-4-7(5-10-8)6(2)9/h6-9H,3-5H2,1-2H3. The number of hydrogen-bond acceptors (Lipinski definition) is 2. The van der Waals surface area contributed by atoms with Crippen LogP contribution >= 0.6 is 0 Å². The maximum absolute atomic E-state index is 9.19. The van der Waals surface area contributed by atoms with Gasteiger partial charge in [0.2, 0.25) is 0 Å². The Kier molecular flexibility index (Phi) is 2.69. The first-order chi connectivity index (χ1) is 4.74. The maximum Gasteiger partial charge on any atom is 0.0577 e. The Morgan fingerprint density at radius 3 is 2.70 bits per heavy atom. The Morgan fingerprint density at radius 1 is 1.70 bits per heavy atom. The first kappa shape index (κ1) is 8.02. The summed E-state index contributed by atoms with van der Waals surface area (Å²) in [7, 11) is 0. The summed E-state index contributed by atoms with van der Waals surface area (Å²) in [5.74, 6) is 0.380. The van der Waals surface area contributed by atoms with Crippen LogP contribution in [-0.2, 0) is 4.74 Å². The Labute approximate surface area is 62.2 Å². The van der Waals surface area contributed by atoms with Crippen molar-refractivity contribution in [3.8, 4) is 0 Å². The van der Waals surface area contributed by atoms with E-state index < -0.39 is 0 Å².